The van der Waals surface area contributed by atoms with E-state index in [1.807, 2.05) is 22.6 Å². The maximum atomic E-state index is 14.8. The smallest absolute Gasteiger partial charge is 0.263 e. The summed E-state index contributed by atoms with van der Waals surface area (Å²) in [5.74, 6) is -4.30. The molecule has 6 nitrogen and oxygen atoms in total. The van der Waals surface area contributed by atoms with E-state index in [-0.39, 0.29) is 23.3 Å². The van der Waals surface area contributed by atoms with E-state index >= 15 is 0 Å². The molecular weight excluding hydrogens is 661 g/mol. The lowest BCUT2D eigenvalue weighted by atomic mass is 9.86. The summed E-state index contributed by atoms with van der Waals surface area (Å²) in [6, 6.07) is 15.3. The van der Waals surface area contributed by atoms with Crippen LogP contribution in [0.1, 0.15) is 50.8 Å². The summed E-state index contributed by atoms with van der Waals surface area (Å²) in [6.45, 7) is 3.28. The number of halogens is 4. The van der Waals surface area contributed by atoms with Crippen LogP contribution in [-0.4, -0.2) is 44.2 Å². The lowest BCUT2D eigenvalue weighted by Crippen LogP contribution is -2.38. The summed E-state index contributed by atoms with van der Waals surface area (Å²) >= 11 is 7.90. The van der Waals surface area contributed by atoms with Crippen molar-refractivity contribution in [1.82, 2.24) is 5.32 Å². The fourth-order valence-corrected chi connectivity index (χ4v) is 6.67. The van der Waals surface area contributed by atoms with Crippen LogP contribution in [0.25, 0.3) is 0 Å². The van der Waals surface area contributed by atoms with E-state index in [1.165, 1.54) is 6.07 Å². The molecule has 1 aliphatic carbocycles. The Morgan fingerprint density at radius 3 is 2.23 bits per heavy atom. The first-order chi connectivity index (χ1) is 18.1. The molecule has 0 saturated heterocycles. The van der Waals surface area contributed by atoms with Crippen LogP contribution in [0.15, 0.2) is 60.7 Å². The van der Waals surface area contributed by atoms with Crippen molar-refractivity contribution in [3.8, 4) is 0 Å². The van der Waals surface area contributed by atoms with Crippen LogP contribution in [-0.2, 0) is 15.3 Å². The molecule has 3 aromatic carbocycles. The number of anilines is 1. The quantitative estimate of drug-likeness (QED) is 0.285. The minimum atomic E-state index is -3.32. The van der Waals surface area contributed by atoms with Crippen LogP contribution in [0.4, 0.5) is 14.5 Å². The van der Waals surface area contributed by atoms with Gasteiger partial charge in [0.15, 0.2) is 0 Å². The molecule has 2 atom stereocenters. The van der Waals surface area contributed by atoms with E-state index in [0.29, 0.717) is 31.0 Å². The molecule has 0 aromatic heterocycles. The molecule has 4 rings (SSSR count). The van der Waals surface area contributed by atoms with Gasteiger partial charge in [0.1, 0.15) is 9.84 Å². The molecule has 206 valence electrons. The van der Waals surface area contributed by atoms with Gasteiger partial charge in [0, 0.05) is 33.0 Å². The number of carbonyl (C=O) groups excluding carboxylic acids is 2. The van der Waals surface area contributed by atoms with Crippen molar-refractivity contribution in [1.29, 1.82) is 0 Å². The number of hydrogen-bond donors (Lipinski definition) is 2. The number of hydrogen-bond acceptors (Lipinski definition) is 4. The second-order valence-corrected chi connectivity index (χ2v) is 13.7. The topological polar surface area (TPSA) is 92.3 Å². The molecule has 11 heteroatoms. The van der Waals surface area contributed by atoms with Gasteiger partial charge < -0.3 is 10.6 Å². The SMILES string of the molecule is Cc1cc(C2(c3ccc(Cl)cc3)CC2(F)F)ccc1NC(=O)c1cccc(I)c1C(=O)NC(C)CS(C)(=O)=O. The third-order valence-corrected chi connectivity index (χ3v) is 8.96. The third-order valence-electron chi connectivity index (χ3n) is 6.71. The van der Waals surface area contributed by atoms with Gasteiger partial charge in [0.25, 0.3) is 17.7 Å². The maximum Gasteiger partial charge on any atom is 0.263 e. The number of sulfone groups is 1. The highest BCUT2D eigenvalue weighted by atomic mass is 127. The molecule has 0 aliphatic heterocycles. The van der Waals surface area contributed by atoms with Gasteiger partial charge in [-0.15, -0.1) is 0 Å². The Morgan fingerprint density at radius 1 is 1.05 bits per heavy atom. The van der Waals surface area contributed by atoms with Crippen molar-refractivity contribution in [2.75, 3.05) is 17.3 Å². The van der Waals surface area contributed by atoms with Crippen LogP contribution in [0, 0.1) is 10.5 Å². The van der Waals surface area contributed by atoms with Crippen molar-refractivity contribution >= 4 is 61.5 Å². The predicted molar refractivity (Wildman–Crippen MR) is 157 cm³/mol. The van der Waals surface area contributed by atoms with Crippen LogP contribution in [0.5, 0.6) is 0 Å². The number of aryl methyl sites for hydroxylation is 1. The highest BCUT2D eigenvalue weighted by molar-refractivity contribution is 14.1. The highest BCUT2D eigenvalue weighted by Crippen LogP contribution is 2.65. The Kier molecular flexibility index (Phi) is 8.13. The molecule has 39 heavy (non-hydrogen) atoms. The van der Waals surface area contributed by atoms with Gasteiger partial charge in [0.05, 0.1) is 22.3 Å². The molecule has 1 fully saturated rings. The first-order valence-electron chi connectivity index (χ1n) is 12.0. The number of carbonyl (C=O) groups is 2. The average molecular weight is 687 g/mol. The average Bonchev–Trinajstić information content (AvgIpc) is 3.42. The first kappa shape index (κ1) is 29.4. The standard InChI is InChI=1S/C28H26ClF2IN2O4S/c1-16-13-19(27(15-28(27,30)31)18-7-10-20(29)11-8-18)9-12-23(16)34-25(35)21-5-4-6-22(32)24(21)26(36)33-17(2)14-39(3,37)38/h4-13,17H,14-15H2,1-3H3,(H,33,36)(H,34,35). The van der Waals surface area contributed by atoms with Gasteiger partial charge in [-0.05, 0) is 83.5 Å². The number of rotatable bonds is 8. The van der Waals surface area contributed by atoms with E-state index in [0.717, 1.165) is 6.26 Å². The van der Waals surface area contributed by atoms with Gasteiger partial charge in [0.2, 0.25) is 0 Å². The number of nitrogens with one attached hydrogen (secondary N) is 2. The molecule has 2 N–H and O–H groups in total. The molecule has 0 bridgehead atoms. The number of alkyl halides is 2. The van der Waals surface area contributed by atoms with E-state index in [9.17, 15) is 26.8 Å². The van der Waals surface area contributed by atoms with Crippen molar-refractivity contribution in [3.05, 3.63) is 97.1 Å². The Hall–Kier alpha value is -2.57. The van der Waals surface area contributed by atoms with Crippen molar-refractivity contribution < 1.29 is 26.8 Å². The molecule has 2 amide bonds. The van der Waals surface area contributed by atoms with Gasteiger partial charge >= 0.3 is 0 Å². The molecule has 3 aromatic rings. The summed E-state index contributed by atoms with van der Waals surface area (Å²) < 4.78 is 53.2. The Balaban J connectivity index is 1.59. The molecule has 0 spiro atoms. The van der Waals surface area contributed by atoms with Crippen LogP contribution in [0.2, 0.25) is 5.02 Å². The van der Waals surface area contributed by atoms with E-state index in [2.05, 4.69) is 10.6 Å². The van der Waals surface area contributed by atoms with Gasteiger partial charge in [-0.25, -0.2) is 17.2 Å². The van der Waals surface area contributed by atoms with Crippen LogP contribution in [0.3, 0.4) is 0 Å². The van der Waals surface area contributed by atoms with E-state index in [4.69, 9.17) is 11.6 Å². The molecule has 0 radical (unpaired) electrons. The molecular formula is C28H26ClF2IN2O4S. The minimum absolute atomic E-state index is 0.0980. The van der Waals surface area contributed by atoms with Crippen molar-refractivity contribution in [2.24, 2.45) is 0 Å². The van der Waals surface area contributed by atoms with Crippen LogP contribution < -0.4 is 10.6 Å². The Bertz CT molecular complexity index is 1560. The summed E-state index contributed by atoms with van der Waals surface area (Å²) in [6.07, 6.45) is 0.752. The Morgan fingerprint density at radius 2 is 1.67 bits per heavy atom. The summed E-state index contributed by atoms with van der Waals surface area (Å²) in [5, 5.41) is 5.88. The summed E-state index contributed by atoms with van der Waals surface area (Å²) in [7, 11) is -3.32. The largest absolute Gasteiger partial charge is 0.349 e. The van der Waals surface area contributed by atoms with Gasteiger partial charge in [-0.3, -0.25) is 9.59 Å². The molecule has 0 heterocycles. The molecule has 2 unspecified atom stereocenters. The van der Waals surface area contributed by atoms with Gasteiger partial charge in [-0.2, -0.15) is 0 Å². The Labute approximate surface area is 244 Å². The zero-order valence-electron chi connectivity index (χ0n) is 21.3. The zero-order valence-corrected chi connectivity index (χ0v) is 25.0. The van der Waals surface area contributed by atoms with E-state index in [1.54, 1.807) is 68.4 Å². The predicted octanol–water partition coefficient (Wildman–Crippen LogP) is 5.99. The van der Waals surface area contributed by atoms with Crippen molar-refractivity contribution in [3.63, 3.8) is 0 Å². The lowest BCUT2D eigenvalue weighted by molar-refractivity contribution is 0.0930. The third kappa shape index (κ3) is 6.12. The first-order valence-corrected chi connectivity index (χ1v) is 15.5. The van der Waals surface area contributed by atoms with Crippen LogP contribution >= 0.6 is 34.2 Å². The second kappa shape index (κ2) is 10.8. The zero-order chi connectivity index (χ0) is 28.8. The monoisotopic (exact) mass is 686 g/mol. The van der Waals surface area contributed by atoms with E-state index < -0.39 is 39.0 Å². The number of amides is 2. The fourth-order valence-electron chi connectivity index (χ4n) is 4.81. The fraction of sp³-hybridized carbons (Fsp3) is 0.286. The second-order valence-electron chi connectivity index (χ2n) is 9.91. The van der Waals surface area contributed by atoms with Crippen molar-refractivity contribution in [2.45, 2.75) is 37.6 Å². The summed E-state index contributed by atoms with van der Waals surface area (Å²) in [5.41, 5.74) is 0.636. The summed E-state index contributed by atoms with van der Waals surface area (Å²) in [4.78, 5) is 26.3. The minimum Gasteiger partial charge on any atom is -0.349 e. The van der Waals surface area contributed by atoms with Gasteiger partial charge in [-0.1, -0.05) is 41.9 Å². The lowest BCUT2D eigenvalue weighted by Gasteiger charge is -2.20. The normalized spacial score (nSPS) is 18.7. The maximum absolute atomic E-state index is 14.8. The molecule has 1 saturated carbocycles. The highest BCUT2D eigenvalue weighted by Gasteiger charge is 2.72. The number of benzene rings is 3. The molecule has 1 aliphatic rings.